The molecule has 1 saturated heterocycles. The number of carboxylic acid groups (broad SMARTS) is 1. The molecule has 2 N–H and O–H groups in total. The summed E-state index contributed by atoms with van der Waals surface area (Å²) in [7, 11) is -3.94. The van der Waals surface area contributed by atoms with E-state index >= 15 is 0 Å². The van der Waals surface area contributed by atoms with E-state index in [2.05, 4.69) is 16.5 Å². The number of thiophene rings is 1. The summed E-state index contributed by atoms with van der Waals surface area (Å²) in [6.07, 6.45) is 2.19. The molecule has 0 radical (unpaired) electrons. The lowest BCUT2D eigenvalue weighted by Crippen LogP contribution is -2.45. The number of piperidine rings is 1. The first-order valence-electron chi connectivity index (χ1n) is 9.93. The van der Waals surface area contributed by atoms with Gasteiger partial charge < -0.3 is 10.0 Å². The van der Waals surface area contributed by atoms with Gasteiger partial charge in [0.2, 0.25) is 0 Å². The van der Waals surface area contributed by atoms with Crippen molar-refractivity contribution in [2.45, 2.75) is 42.4 Å². The topological polar surface area (TPSA) is 86.7 Å². The van der Waals surface area contributed by atoms with E-state index in [-0.39, 0.29) is 16.0 Å². The monoisotopic (exact) mass is 434 g/mol. The van der Waals surface area contributed by atoms with Crippen LogP contribution in [0, 0.1) is 11.8 Å². The highest BCUT2D eigenvalue weighted by atomic mass is 32.2. The van der Waals surface area contributed by atoms with Gasteiger partial charge in [-0.1, -0.05) is 44.2 Å². The third-order valence-electron chi connectivity index (χ3n) is 6.34. The van der Waals surface area contributed by atoms with Crippen LogP contribution in [0.25, 0.3) is 0 Å². The van der Waals surface area contributed by atoms with Crippen molar-refractivity contribution in [3.63, 3.8) is 0 Å². The van der Waals surface area contributed by atoms with Crippen LogP contribution in [-0.2, 0) is 14.8 Å². The lowest BCUT2D eigenvalue weighted by molar-refractivity contribution is -0.140. The van der Waals surface area contributed by atoms with Gasteiger partial charge in [-0.3, -0.25) is 4.79 Å². The summed E-state index contributed by atoms with van der Waals surface area (Å²) in [5, 5.41) is 10.8. The number of rotatable bonds is 6. The third-order valence-corrected chi connectivity index (χ3v) is 9.46. The molecule has 156 valence electrons. The molecular formula is C21H26N2O4S2. The summed E-state index contributed by atoms with van der Waals surface area (Å²) in [6.45, 7) is 5.85. The standard InChI is InChI=1S/C21H26N2O4S2/c1-14-10-12-23(13-11-14)17-8-9-18(28-17)29(26,27)22-21(20(24)25)15(2)19(21)16-6-4-3-5-7-16/h3-9,14-15,19,22H,10-13H2,1-2H3,(H,24,25)/t15-,19+,21-/m0/s1. The van der Waals surface area contributed by atoms with Crippen LogP contribution >= 0.6 is 11.3 Å². The zero-order valence-electron chi connectivity index (χ0n) is 16.5. The first-order valence-corrected chi connectivity index (χ1v) is 12.2. The van der Waals surface area contributed by atoms with Gasteiger partial charge in [0.1, 0.15) is 9.75 Å². The average molecular weight is 435 g/mol. The van der Waals surface area contributed by atoms with Crippen molar-refractivity contribution in [2.24, 2.45) is 11.8 Å². The molecule has 29 heavy (non-hydrogen) atoms. The fraction of sp³-hybridized carbons (Fsp3) is 0.476. The van der Waals surface area contributed by atoms with Crippen molar-refractivity contribution in [1.82, 2.24) is 4.72 Å². The zero-order valence-corrected chi connectivity index (χ0v) is 18.2. The molecule has 0 bridgehead atoms. The predicted molar refractivity (Wildman–Crippen MR) is 114 cm³/mol. The first kappa shape index (κ1) is 20.4. The van der Waals surface area contributed by atoms with Crippen LogP contribution in [0.2, 0.25) is 0 Å². The Labute approximate surface area is 175 Å². The molecule has 0 spiro atoms. The molecule has 1 aliphatic carbocycles. The molecule has 0 unspecified atom stereocenters. The van der Waals surface area contributed by atoms with Crippen molar-refractivity contribution in [3.8, 4) is 0 Å². The van der Waals surface area contributed by atoms with E-state index in [1.807, 2.05) is 36.4 Å². The Morgan fingerprint density at radius 2 is 1.79 bits per heavy atom. The minimum absolute atomic E-state index is 0.164. The zero-order chi connectivity index (χ0) is 20.8. The van der Waals surface area contributed by atoms with Gasteiger partial charge in [-0.15, -0.1) is 11.3 Å². The van der Waals surface area contributed by atoms with Crippen LogP contribution in [0.5, 0.6) is 0 Å². The minimum atomic E-state index is -3.94. The Balaban J connectivity index is 1.57. The van der Waals surface area contributed by atoms with Gasteiger partial charge in [-0.25, -0.2) is 8.42 Å². The number of carboxylic acids is 1. The van der Waals surface area contributed by atoms with E-state index in [1.165, 1.54) is 11.3 Å². The summed E-state index contributed by atoms with van der Waals surface area (Å²) in [5.41, 5.74) is -0.676. The number of aliphatic carboxylic acids is 1. The molecule has 6 nitrogen and oxygen atoms in total. The summed E-state index contributed by atoms with van der Waals surface area (Å²) >= 11 is 1.21. The van der Waals surface area contributed by atoms with E-state index in [9.17, 15) is 18.3 Å². The number of hydrogen-bond donors (Lipinski definition) is 2. The highest BCUT2D eigenvalue weighted by Gasteiger charge is 2.70. The second kappa shape index (κ2) is 7.41. The Bertz CT molecular complexity index is 997. The fourth-order valence-corrected chi connectivity index (χ4v) is 7.23. The van der Waals surface area contributed by atoms with E-state index in [0.29, 0.717) is 5.92 Å². The molecule has 4 rings (SSSR count). The number of nitrogens with zero attached hydrogens (tertiary/aromatic N) is 1. The maximum absolute atomic E-state index is 13.1. The lowest BCUT2D eigenvalue weighted by Gasteiger charge is -2.30. The Kier molecular flexibility index (Phi) is 5.21. The van der Waals surface area contributed by atoms with Crippen molar-refractivity contribution in [2.75, 3.05) is 18.0 Å². The van der Waals surface area contributed by atoms with Crippen LogP contribution in [0.1, 0.15) is 38.2 Å². The Hall–Kier alpha value is -1.90. The second-order valence-electron chi connectivity index (χ2n) is 8.22. The summed E-state index contributed by atoms with van der Waals surface area (Å²) < 4.78 is 28.9. The minimum Gasteiger partial charge on any atom is -0.480 e. The molecule has 2 aromatic rings. The predicted octanol–water partition coefficient (Wildman–Crippen LogP) is 3.52. The largest absolute Gasteiger partial charge is 0.480 e. The maximum atomic E-state index is 13.1. The quantitative estimate of drug-likeness (QED) is 0.726. The number of hydrogen-bond acceptors (Lipinski definition) is 5. The van der Waals surface area contributed by atoms with Crippen molar-refractivity contribution in [1.29, 1.82) is 0 Å². The van der Waals surface area contributed by atoms with Gasteiger partial charge in [0, 0.05) is 19.0 Å². The molecule has 2 aliphatic rings. The highest BCUT2D eigenvalue weighted by molar-refractivity contribution is 7.91. The molecule has 3 atom stereocenters. The smallest absolute Gasteiger partial charge is 0.325 e. The van der Waals surface area contributed by atoms with E-state index in [0.717, 1.165) is 36.5 Å². The highest BCUT2D eigenvalue weighted by Crippen LogP contribution is 2.58. The number of nitrogens with one attached hydrogen (secondary N) is 1. The van der Waals surface area contributed by atoms with Gasteiger partial charge in [-0.2, -0.15) is 4.72 Å². The molecule has 0 amide bonds. The first-order chi connectivity index (χ1) is 13.8. The van der Waals surface area contributed by atoms with Gasteiger partial charge in [-0.05, 0) is 42.4 Å². The number of anilines is 1. The maximum Gasteiger partial charge on any atom is 0.325 e. The molecule has 2 heterocycles. The normalized spacial score (nSPS) is 27.7. The number of sulfonamides is 1. The molecule has 1 aromatic heterocycles. The molecular weight excluding hydrogens is 408 g/mol. The van der Waals surface area contributed by atoms with Gasteiger partial charge in [0.05, 0.1) is 5.00 Å². The van der Waals surface area contributed by atoms with Crippen molar-refractivity contribution < 1.29 is 18.3 Å². The summed E-state index contributed by atoms with van der Waals surface area (Å²) in [5.74, 6) is -1.17. The van der Waals surface area contributed by atoms with Crippen LogP contribution in [0.3, 0.4) is 0 Å². The van der Waals surface area contributed by atoms with E-state index in [1.54, 1.807) is 13.0 Å². The van der Waals surface area contributed by atoms with Gasteiger partial charge >= 0.3 is 5.97 Å². The second-order valence-corrected chi connectivity index (χ2v) is 11.2. The van der Waals surface area contributed by atoms with Crippen LogP contribution in [0.15, 0.2) is 46.7 Å². The number of benzene rings is 1. The van der Waals surface area contributed by atoms with E-state index < -0.39 is 21.5 Å². The molecule has 1 aromatic carbocycles. The number of carbonyl (C=O) groups is 1. The fourth-order valence-electron chi connectivity index (χ4n) is 4.43. The van der Waals surface area contributed by atoms with Gasteiger partial charge in [0.15, 0.2) is 0 Å². The lowest BCUT2D eigenvalue weighted by atomic mass is 10.00. The average Bonchev–Trinajstić information content (AvgIpc) is 3.05. The van der Waals surface area contributed by atoms with Crippen LogP contribution in [-0.4, -0.2) is 38.1 Å². The van der Waals surface area contributed by atoms with Crippen molar-refractivity contribution >= 4 is 32.3 Å². The third kappa shape index (κ3) is 3.58. The van der Waals surface area contributed by atoms with Gasteiger partial charge in [0.25, 0.3) is 10.0 Å². The van der Waals surface area contributed by atoms with Crippen LogP contribution < -0.4 is 9.62 Å². The summed E-state index contributed by atoms with van der Waals surface area (Å²) in [6, 6.07) is 12.6. The van der Waals surface area contributed by atoms with Crippen molar-refractivity contribution in [3.05, 3.63) is 48.0 Å². The van der Waals surface area contributed by atoms with E-state index in [4.69, 9.17) is 0 Å². The SMILES string of the molecule is CC1CCN(c2ccc(S(=O)(=O)N[C@@]3(C(=O)O)[C@@H](C)[C@@H]3c3ccccc3)s2)CC1. The summed E-state index contributed by atoms with van der Waals surface area (Å²) in [4.78, 5) is 14.3. The molecule has 1 aliphatic heterocycles. The van der Waals surface area contributed by atoms with Crippen LogP contribution in [0.4, 0.5) is 5.00 Å². The Morgan fingerprint density at radius 3 is 2.41 bits per heavy atom. The molecule has 1 saturated carbocycles. The molecule has 8 heteroatoms. The Morgan fingerprint density at radius 1 is 1.14 bits per heavy atom. The molecule has 2 fully saturated rings.